The molecule has 0 saturated heterocycles. The zero-order valence-corrected chi connectivity index (χ0v) is 9.71. The largest absolute Gasteiger partial charge is 0.263 e. The van der Waals surface area contributed by atoms with E-state index in [-0.39, 0.29) is 5.54 Å². The van der Waals surface area contributed by atoms with Crippen LogP contribution in [0, 0.1) is 0 Å². The van der Waals surface area contributed by atoms with Crippen molar-refractivity contribution in [2.45, 2.75) is 30.2 Å². The van der Waals surface area contributed by atoms with Crippen LogP contribution in [-0.2, 0) is 10.0 Å². The molecule has 1 fully saturated rings. The quantitative estimate of drug-likeness (QED) is 0.798. The van der Waals surface area contributed by atoms with E-state index in [2.05, 4.69) is 9.71 Å². The highest BCUT2D eigenvalue weighted by Gasteiger charge is 2.40. The fraction of sp³-hybridized carbons (Fsp3) is 0.364. The Bertz CT molecular complexity index is 586. The third kappa shape index (κ3) is 1.43. The maximum absolute atomic E-state index is 11.8. The lowest BCUT2D eigenvalue weighted by atomic mass is 10.2. The molecule has 2 aliphatic rings. The van der Waals surface area contributed by atoms with Crippen molar-refractivity contribution < 1.29 is 8.42 Å². The Morgan fingerprint density at radius 1 is 1.31 bits per heavy atom. The maximum atomic E-state index is 11.8. The van der Waals surface area contributed by atoms with Gasteiger partial charge in [-0.25, -0.2) is 8.42 Å². The molecule has 84 valence electrons. The number of benzene rings is 1. The number of sulfonamides is 1. The van der Waals surface area contributed by atoms with Gasteiger partial charge in [-0.05, 0) is 31.9 Å². The third-order valence-corrected chi connectivity index (χ3v) is 4.42. The highest BCUT2D eigenvalue weighted by molar-refractivity contribution is 7.90. The van der Waals surface area contributed by atoms with E-state index in [0.717, 1.165) is 12.8 Å². The van der Waals surface area contributed by atoms with Crippen LogP contribution in [0.4, 0.5) is 0 Å². The van der Waals surface area contributed by atoms with Gasteiger partial charge in [-0.2, -0.15) is 0 Å². The van der Waals surface area contributed by atoms with E-state index in [9.17, 15) is 8.42 Å². The van der Waals surface area contributed by atoms with Gasteiger partial charge in [-0.15, -0.1) is 0 Å². The summed E-state index contributed by atoms with van der Waals surface area (Å²) in [5, 5.41) is 0. The van der Waals surface area contributed by atoms with Gasteiger partial charge in [-0.3, -0.25) is 9.71 Å². The molecule has 1 aliphatic carbocycles. The highest BCUT2D eigenvalue weighted by atomic mass is 32.2. The number of fused-ring (bicyclic) bond motifs is 1. The van der Waals surface area contributed by atoms with Gasteiger partial charge in [0, 0.05) is 5.56 Å². The van der Waals surface area contributed by atoms with Gasteiger partial charge >= 0.3 is 0 Å². The molecule has 1 aromatic rings. The number of hydrogen-bond acceptors (Lipinski definition) is 3. The normalized spacial score (nSPS) is 26.2. The maximum Gasteiger partial charge on any atom is 0.263 e. The number of hydrogen-bond donors (Lipinski definition) is 1. The van der Waals surface area contributed by atoms with E-state index in [1.807, 2.05) is 13.0 Å². The molecule has 4 nitrogen and oxygen atoms in total. The lowest BCUT2D eigenvalue weighted by molar-refractivity contribution is 0.595. The summed E-state index contributed by atoms with van der Waals surface area (Å²) in [6, 6.07) is 6.94. The summed E-state index contributed by atoms with van der Waals surface area (Å²) in [6.45, 7) is 2.04. The molecular formula is C11H12N2O2S. The van der Waals surface area contributed by atoms with Crippen molar-refractivity contribution in [3.63, 3.8) is 0 Å². The molecule has 0 atom stereocenters. The molecule has 1 saturated carbocycles. The standard InChI is InChI=1S/C11H12N2O2S/c1-11(6-7-11)12-10-8-4-2-3-5-9(8)16(14,15)13-10/h2-5H,6-7H2,1H3,(H,12,13). The molecule has 16 heavy (non-hydrogen) atoms. The molecule has 0 aromatic heterocycles. The zero-order chi connectivity index (χ0) is 11.4. The fourth-order valence-corrected chi connectivity index (χ4v) is 3.01. The van der Waals surface area contributed by atoms with Crippen molar-refractivity contribution in [1.82, 2.24) is 4.72 Å². The van der Waals surface area contributed by atoms with Crippen LogP contribution in [-0.4, -0.2) is 19.8 Å². The Balaban J connectivity index is 2.17. The van der Waals surface area contributed by atoms with Gasteiger partial charge in [0.05, 0.1) is 10.4 Å². The second-order valence-corrected chi connectivity index (χ2v) is 6.21. The lowest BCUT2D eigenvalue weighted by Crippen LogP contribution is -2.23. The first kappa shape index (κ1) is 9.84. The highest BCUT2D eigenvalue weighted by Crippen LogP contribution is 2.40. The van der Waals surface area contributed by atoms with Crippen molar-refractivity contribution in [2.24, 2.45) is 4.99 Å². The van der Waals surface area contributed by atoms with E-state index < -0.39 is 10.0 Å². The molecule has 1 N–H and O–H groups in total. The summed E-state index contributed by atoms with van der Waals surface area (Å²) in [7, 11) is -3.38. The van der Waals surface area contributed by atoms with Gasteiger partial charge in [0.2, 0.25) is 0 Å². The lowest BCUT2D eigenvalue weighted by Gasteiger charge is -2.03. The molecule has 1 heterocycles. The molecule has 0 spiro atoms. The number of rotatable bonds is 1. The van der Waals surface area contributed by atoms with Gasteiger partial charge in [0.15, 0.2) is 0 Å². The van der Waals surface area contributed by atoms with Crippen LogP contribution in [0.3, 0.4) is 0 Å². The Kier molecular flexibility index (Phi) is 1.75. The van der Waals surface area contributed by atoms with Crippen molar-refractivity contribution >= 4 is 15.9 Å². The minimum absolute atomic E-state index is 0.0602. The summed E-state index contributed by atoms with van der Waals surface area (Å²) >= 11 is 0. The smallest absolute Gasteiger partial charge is 0.263 e. The summed E-state index contributed by atoms with van der Waals surface area (Å²) < 4.78 is 26.1. The SMILES string of the molecule is CC1(N=C2NS(=O)(=O)c3ccccc32)CC1. The molecule has 0 unspecified atom stereocenters. The molecule has 5 heteroatoms. The van der Waals surface area contributed by atoms with Crippen LogP contribution in [0.2, 0.25) is 0 Å². The second-order valence-electron chi connectivity index (χ2n) is 4.56. The molecule has 3 rings (SSSR count). The number of aliphatic imine (C=N–C) groups is 1. The van der Waals surface area contributed by atoms with Crippen LogP contribution < -0.4 is 4.72 Å². The first-order valence-corrected chi connectivity index (χ1v) is 6.71. The predicted octanol–water partition coefficient (Wildman–Crippen LogP) is 1.28. The molecule has 0 radical (unpaired) electrons. The van der Waals surface area contributed by atoms with Crippen LogP contribution in [0.25, 0.3) is 0 Å². The Labute approximate surface area is 94.5 Å². The predicted molar refractivity (Wildman–Crippen MR) is 60.9 cm³/mol. The molecule has 0 amide bonds. The van der Waals surface area contributed by atoms with Gasteiger partial charge in [0.1, 0.15) is 5.84 Å². The Hall–Kier alpha value is -1.36. The number of nitrogens with zero attached hydrogens (tertiary/aromatic N) is 1. The van der Waals surface area contributed by atoms with Gasteiger partial charge in [-0.1, -0.05) is 12.1 Å². The topological polar surface area (TPSA) is 58.5 Å². The Morgan fingerprint density at radius 2 is 2.00 bits per heavy atom. The zero-order valence-electron chi connectivity index (χ0n) is 8.90. The molecule has 1 aromatic carbocycles. The minimum Gasteiger partial charge on any atom is -0.263 e. The summed E-state index contributed by atoms with van der Waals surface area (Å²) in [4.78, 5) is 4.81. The number of nitrogens with one attached hydrogen (secondary N) is 1. The van der Waals surface area contributed by atoms with Gasteiger partial charge < -0.3 is 0 Å². The van der Waals surface area contributed by atoms with Crippen molar-refractivity contribution in [2.75, 3.05) is 0 Å². The summed E-state index contributed by atoms with van der Waals surface area (Å²) in [6.07, 6.45) is 2.06. The van der Waals surface area contributed by atoms with Crippen molar-refractivity contribution in [1.29, 1.82) is 0 Å². The van der Waals surface area contributed by atoms with E-state index in [1.54, 1.807) is 18.2 Å². The molecule has 0 bridgehead atoms. The van der Waals surface area contributed by atoms with E-state index in [1.165, 1.54) is 0 Å². The third-order valence-electron chi connectivity index (χ3n) is 3.02. The summed E-state index contributed by atoms with van der Waals surface area (Å²) in [5.74, 6) is 0.496. The van der Waals surface area contributed by atoms with Crippen LogP contribution in [0.5, 0.6) is 0 Å². The van der Waals surface area contributed by atoms with Crippen LogP contribution in [0.15, 0.2) is 34.2 Å². The van der Waals surface area contributed by atoms with Gasteiger partial charge in [0.25, 0.3) is 10.0 Å². The first-order chi connectivity index (χ1) is 7.50. The minimum atomic E-state index is -3.38. The molecular weight excluding hydrogens is 224 g/mol. The van der Waals surface area contributed by atoms with E-state index >= 15 is 0 Å². The average Bonchev–Trinajstić information content (AvgIpc) is 2.89. The van der Waals surface area contributed by atoms with E-state index in [4.69, 9.17) is 0 Å². The Morgan fingerprint density at radius 3 is 2.69 bits per heavy atom. The molecule has 1 aliphatic heterocycles. The average molecular weight is 236 g/mol. The second kappa shape index (κ2) is 2.85. The monoisotopic (exact) mass is 236 g/mol. The van der Waals surface area contributed by atoms with E-state index in [0.29, 0.717) is 16.3 Å². The van der Waals surface area contributed by atoms with Crippen molar-refractivity contribution in [3.05, 3.63) is 29.8 Å². The van der Waals surface area contributed by atoms with Crippen LogP contribution >= 0.6 is 0 Å². The van der Waals surface area contributed by atoms with Crippen LogP contribution in [0.1, 0.15) is 25.3 Å². The first-order valence-electron chi connectivity index (χ1n) is 5.22. The fourth-order valence-electron chi connectivity index (χ4n) is 1.78. The number of amidine groups is 1. The summed E-state index contributed by atoms with van der Waals surface area (Å²) in [5.41, 5.74) is 0.630. The van der Waals surface area contributed by atoms with Crippen molar-refractivity contribution in [3.8, 4) is 0 Å².